The van der Waals surface area contributed by atoms with Crippen LogP contribution in [0.4, 0.5) is 17.3 Å². The van der Waals surface area contributed by atoms with Crippen molar-refractivity contribution in [3.8, 4) is 0 Å². The van der Waals surface area contributed by atoms with Crippen LogP contribution in [-0.4, -0.2) is 88.4 Å². The van der Waals surface area contributed by atoms with Gasteiger partial charge in [-0.1, -0.05) is 50.2 Å². The topological polar surface area (TPSA) is 251 Å². The van der Waals surface area contributed by atoms with E-state index in [4.69, 9.17) is 19.3 Å². The Hall–Kier alpha value is -6.45. The van der Waals surface area contributed by atoms with Gasteiger partial charge in [0, 0.05) is 48.5 Å². The number of aliphatic hydroxyl groups excluding tert-OH is 1. The van der Waals surface area contributed by atoms with Gasteiger partial charge >= 0.3 is 35.5 Å². The van der Waals surface area contributed by atoms with E-state index in [-0.39, 0.29) is 71.1 Å². The van der Waals surface area contributed by atoms with E-state index in [1.807, 2.05) is 59.5 Å². The fraction of sp³-hybridized carbons (Fsp3) is 0.283. The molecule has 0 radical (unpaired) electrons. The number of benzene rings is 3. The van der Waals surface area contributed by atoms with Crippen LogP contribution >= 0.6 is 0 Å². The van der Waals surface area contributed by atoms with Crippen LogP contribution < -0.4 is 45.3 Å². The van der Waals surface area contributed by atoms with E-state index in [9.17, 15) is 29.6 Å². The molecule has 7 aromatic rings. The van der Waals surface area contributed by atoms with Gasteiger partial charge in [-0.2, -0.15) is 7.11 Å². The molecule has 0 aliphatic carbocycles. The number of carbonyl (C=O) groups is 3. The van der Waals surface area contributed by atoms with Crippen LogP contribution in [0.5, 0.6) is 0 Å². The number of aliphatic hydroxyl groups is 1. The van der Waals surface area contributed by atoms with Crippen LogP contribution in [0.15, 0.2) is 122 Å². The SMILES string of the molecule is CC[C@H]1O[C@@H](n2ccc3c(NC(=O)c4ccccc4)ncnc32)C[C@H]1O.CC[C@H]1O[C@@H](n2ccc3c(NC(=O)c4ccccc4)ncnc32)C[C@H]1OC(=O)c1ccc([N+](=O)[O-])cc1.C[O-].[Na+]. The molecule has 0 unspecified atom stereocenters. The molecule has 66 heavy (non-hydrogen) atoms. The molecule has 6 atom stereocenters. The van der Waals surface area contributed by atoms with Gasteiger partial charge in [0.1, 0.15) is 54.1 Å². The molecule has 4 aromatic heterocycles. The van der Waals surface area contributed by atoms with Gasteiger partial charge in [-0.3, -0.25) is 19.7 Å². The van der Waals surface area contributed by atoms with Crippen LogP contribution in [0, 0.1) is 10.1 Å². The largest absolute Gasteiger partial charge is 1.00 e. The number of fused-ring (bicyclic) bond motifs is 2. The fourth-order valence-corrected chi connectivity index (χ4v) is 7.68. The van der Waals surface area contributed by atoms with Gasteiger partial charge in [0.05, 0.1) is 39.6 Å². The molecule has 2 aliphatic rings. The Labute approximate surface area is 400 Å². The maximum atomic E-state index is 12.7. The molecule has 0 spiro atoms. The number of nitro benzene ring substituents is 1. The van der Waals surface area contributed by atoms with Crippen molar-refractivity contribution < 1.29 is 73.3 Å². The van der Waals surface area contributed by atoms with E-state index in [0.717, 1.165) is 18.9 Å². The second-order valence-electron chi connectivity index (χ2n) is 14.9. The third kappa shape index (κ3) is 11.0. The third-order valence-corrected chi connectivity index (χ3v) is 10.9. The van der Waals surface area contributed by atoms with Gasteiger partial charge in [-0.25, -0.2) is 24.7 Å². The molecule has 6 heterocycles. The smallest absolute Gasteiger partial charge is 0.857 e. The summed E-state index contributed by atoms with van der Waals surface area (Å²) in [6.45, 7) is 3.93. The number of carbonyl (C=O) groups excluding carboxylic acids is 3. The van der Waals surface area contributed by atoms with Crippen molar-refractivity contribution >= 4 is 57.2 Å². The van der Waals surface area contributed by atoms with Crippen LogP contribution in [0.1, 0.15) is 83.1 Å². The predicted molar refractivity (Wildman–Crippen MR) is 236 cm³/mol. The standard InChI is InChI=1S/C26H23N5O6.C19H20N4O3.CH3O.Na/c1-2-20-21(37-26(33)17-8-10-18(11-9-17)31(34)35)14-22(36-20)30-13-12-19-23(27-15-28-24(19)30)29-25(32)16-6-4-3-5-7-16;1-2-15-14(24)10-16(26-15)23-9-8-13-17(20-11-21-18(13)23)22-19(25)12-6-4-3-5-7-12;1-2;/h3-13,15,20-22H,2,14H2,1H3,(H,27,28,29,32);3-9,11,14-16,24H,2,10H2,1H3,(H,20,21,22,25);1H3;/q;;-1;+1/t20-,21-,22-;14-,15-,16-;;/m11../s1. The summed E-state index contributed by atoms with van der Waals surface area (Å²) in [5.74, 6) is -0.253. The number of nitrogens with one attached hydrogen (secondary N) is 2. The van der Waals surface area contributed by atoms with Gasteiger partial charge in [0.25, 0.3) is 17.5 Å². The molecular weight excluding hydrogens is 862 g/mol. The average molecular weight is 908 g/mol. The molecule has 0 saturated carbocycles. The molecule has 3 N–H and O–H groups in total. The fourth-order valence-electron chi connectivity index (χ4n) is 7.68. The summed E-state index contributed by atoms with van der Waals surface area (Å²) in [4.78, 5) is 65.3. The van der Waals surface area contributed by atoms with Crippen LogP contribution in [0.3, 0.4) is 0 Å². The number of aromatic nitrogens is 6. The minimum Gasteiger partial charge on any atom is -0.857 e. The Morgan fingerprint density at radius 2 is 1.17 bits per heavy atom. The van der Waals surface area contributed by atoms with Crippen molar-refractivity contribution in [2.45, 2.75) is 76.4 Å². The van der Waals surface area contributed by atoms with E-state index in [2.05, 4.69) is 30.6 Å². The summed E-state index contributed by atoms with van der Waals surface area (Å²) < 4.78 is 21.6. The number of ether oxygens (including phenoxy) is 3. The van der Waals surface area contributed by atoms with Crippen molar-refractivity contribution in [3.63, 3.8) is 0 Å². The van der Waals surface area contributed by atoms with E-state index < -0.39 is 29.3 Å². The maximum Gasteiger partial charge on any atom is 1.00 e. The number of esters is 1. The normalized spacial score (nSPS) is 19.7. The second kappa shape index (κ2) is 22.6. The first-order chi connectivity index (χ1) is 31.6. The molecule has 2 amide bonds. The number of nitrogens with zero attached hydrogens (tertiary/aromatic N) is 7. The summed E-state index contributed by atoms with van der Waals surface area (Å²) in [5.41, 5.74) is 2.43. The molecule has 2 fully saturated rings. The first-order valence-electron chi connectivity index (χ1n) is 20.8. The number of hydrogen-bond donors (Lipinski definition) is 3. The zero-order chi connectivity index (χ0) is 46.0. The Bertz CT molecular complexity index is 2760. The summed E-state index contributed by atoms with van der Waals surface area (Å²) in [6, 6.07) is 26.7. The number of rotatable bonds is 11. The summed E-state index contributed by atoms with van der Waals surface area (Å²) in [7, 11) is 0.750. The number of hydrogen-bond acceptors (Lipinski definition) is 14. The van der Waals surface area contributed by atoms with Crippen molar-refractivity contribution in [2.75, 3.05) is 17.7 Å². The zero-order valence-electron chi connectivity index (χ0n) is 36.6. The molecule has 19 nitrogen and oxygen atoms in total. The maximum absolute atomic E-state index is 12.7. The molecule has 20 heteroatoms. The van der Waals surface area contributed by atoms with Gasteiger partial charge in [-0.05, 0) is 61.4 Å². The van der Waals surface area contributed by atoms with Gasteiger partial charge < -0.3 is 44.2 Å². The third-order valence-electron chi connectivity index (χ3n) is 10.9. The predicted octanol–water partition coefficient (Wildman–Crippen LogP) is 3.24. The minimum absolute atomic E-state index is 0. The van der Waals surface area contributed by atoms with Crippen LogP contribution in [-0.2, 0) is 14.2 Å². The van der Waals surface area contributed by atoms with E-state index in [0.29, 0.717) is 58.7 Å². The van der Waals surface area contributed by atoms with Crippen molar-refractivity contribution in [3.05, 3.63) is 149 Å². The van der Waals surface area contributed by atoms with Gasteiger partial charge in [0.15, 0.2) is 0 Å². The molecular formula is C46H46N9NaO10. The molecule has 9 rings (SSSR count). The molecule has 3 aromatic carbocycles. The molecule has 336 valence electrons. The second-order valence-corrected chi connectivity index (χ2v) is 14.9. The Kier molecular flexibility index (Phi) is 16.8. The number of anilines is 2. The zero-order valence-corrected chi connectivity index (χ0v) is 38.6. The molecule has 2 aliphatic heterocycles. The molecule has 0 bridgehead atoms. The minimum atomic E-state index is -0.576. The number of nitro groups is 1. The quantitative estimate of drug-likeness (QED) is 0.0730. The Balaban J connectivity index is 0.000000219. The van der Waals surface area contributed by atoms with E-state index in [1.54, 1.807) is 48.7 Å². The van der Waals surface area contributed by atoms with Crippen molar-refractivity contribution in [1.82, 2.24) is 29.1 Å². The van der Waals surface area contributed by atoms with E-state index >= 15 is 0 Å². The van der Waals surface area contributed by atoms with Gasteiger partial charge in [-0.15, -0.1) is 0 Å². The number of amides is 2. The average Bonchev–Trinajstić information content (AvgIpc) is 4.16. The summed E-state index contributed by atoms with van der Waals surface area (Å²) >= 11 is 0. The number of non-ortho nitro benzene ring substituents is 1. The van der Waals surface area contributed by atoms with Crippen molar-refractivity contribution in [1.29, 1.82) is 0 Å². The monoisotopic (exact) mass is 907 g/mol. The van der Waals surface area contributed by atoms with Crippen molar-refractivity contribution in [2.24, 2.45) is 0 Å². The molecule has 2 saturated heterocycles. The van der Waals surface area contributed by atoms with Crippen LogP contribution in [0.25, 0.3) is 22.1 Å². The Morgan fingerprint density at radius 1 is 0.697 bits per heavy atom. The van der Waals surface area contributed by atoms with E-state index in [1.165, 1.54) is 36.9 Å². The first-order valence-corrected chi connectivity index (χ1v) is 20.8. The van der Waals surface area contributed by atoms with Gasteiger partial charge in [0.2, 0.25) is 0 Å². The van der Waals surface area contributed by atoms with Crippen LogP contribution in [0.2, 0.25) is 0 Å². The summed E-state index contributed by atoms with van der Waals surface area (Å²) in [6.07, 6.45) is 6.46. The first kappa shape index (κ1) is 49.0. The summed E-state index contributed by atoms with van der Waals surface area (Å²) in [5, 5.41) is 36.3. The Morgan fingerprint density at radius 3 is 1.62 bits per heavy atom.